The van der Waals surface area contributed by atoms with Crippen molar-refractivity contribution in [3.8, 4) is 11.6 Å². The third kappa shape index (κ3) is 2.57. The van der Waals surface area contributed by atoms with Gasteiger partial charge in [-0.15, -0.1) is 0 Å². The van der Waals surface area contributed by atoms with Crippen LogP contribution in [0.1, 0.15) is 5.56 Å². The molecule has 0 saturated heterocycles. The van der Waals surface area contributed by atoms with Crippen LogP contribution in [0.3, 0.4) is 0 Å². The zero-order chi connectivity index (χ0) is 13.1. The molecule has 18 heavy (non-hydrogen) atoms. The number of rotatable bonds is 3. The molecule has 0 aliphatic heterocycles. The summed E-state index contributed by atoms with van der Waals surface area (Å²) in [7, 11) is 0. The molecule has 0 spiro atoms. The number of para-hydroxylation sites is 1. The summed E-state index contributed by atoms with van der Waals surface area (Å²) in [4.78, 5) is 14.3. The Balaban J connectivity index is 2.42. The van der Waals surface area contributed by atoms with Crippen molar-refractivity contribution in [3.05, 3.63) is 57.2 Å². The molecule has 2 aromatic rings. The van der Waals surface area contributed by atoms with Gasteiger partial charge in [0, 0.05) is 12.1 Å². The number of halogens is 1. The second-order valence-electron chi connectivity index (χ2n) is 3.58. The van der Waals surface area contributed by atoms with Crippen molar-refractivity contribution in [2.45, 2.75) is 6.92 Å². The molecule has 0 atom stereocenters. The van der Waals surface area contributed by atoms with Gasteiger partial charge in [0.25, 0.3) is 0 Å². The zero-order valence-electron chi connectivity index (χ0n) is 9.46. The molecule has 0 radical (unpaired) electrons. The van der Waals surface area contributed by atoms with Gasteiger partial charge in [-0.25, -0.2) is 4.98 Å². The maximum Gasteiger partial charge on any atom is 0.311 e. The van der Waals surface area contributed by atoms with Crippen molar-refractivity contribution >= 4 is 17.3 Å². The summed E-state index contributed by atoms with van der Waals surface area (Å²) in [6.45, 7) is 1.73. The van der Waals surface area contributed by atoms with Crippen molar-refractivity contribution in [2.24, 2.45) is 0 Å². The minimum absolute atomic E-state index is 0.100. The van der Waals surface area contributed by atoms with Crippen molar-refractivity contribution in [1.29, 1.82) is 0 Å². The molecule has 1 heterocycles. The Morgan fingerprint density at radius 2 is 2.00 bits per heavy atom. The van der Waals surface area contributed by atoms with E-state index < -0.39 is 4.92 Å². The lowest BCUT2D eigenvalue weighted by atomic mass is 10.2. The largest absolute Gasteiger partial charge is 0.431 e. The van der Waals surface area contributed by atoms with E-state index in [4.69, 9.17) is 16.3 Å². The highest BCUT2D eigenvalue weighted by Crippen LogP contribution is 2.33. The molecule has 1 aromatic carbocycles. The SMILES string of the molecule is Cc1cccc([N+](=O)[O-])c1Oc1cccc(Cl)n1. The van der Waals surface area contributed by atoms with Crippen LogP contribution in [0, 0.1) is 17.0 Å². The summed E-state index contributed by atoms with van der Waals surface area (Å²) < 4.78 is 5.45. The Bertz CT molecular complexity index is 602. The molecule has 2 rings (SSSR count). The third-order valence-electron chi connectivity index (χ3n) is 2.28. The van der Waals surface area contributed by atoms with Crippen LogP contribution in [0.2, 0.25) is 5.15 Å². The Kier molecular flexibility index (Phi) is 3.43. The molecule has 0 unspecified atom stereocenters. The molecule has 0 saturated carbocycles. The van der Waals surface area contributed by atoms with Gasteiger partial charge >= 0.3 is 5.69 Å². The Hall–Kier alpha value is -2.14. The van der Waals surface area contributed by atoms with Gasteiger partial charge in [0.15, 0.2) is 0 Å². The first-order valence-electron chi connectivity index (χ1n) is 5.12. The van der Waals surface area contributed by atoms with E-state index in [1.54, 1.807) is 37.3 Å². The fraction of sp³-hybridized carbons (Fsp3) is 0.0833. The molecule has 92 valence electrons. The zero-order valence-corrected chi connectivity index (χ0v) is 10.2. The predicted octanol–water partition coefficient (Wildman–Crippen LogP) is 3.74. The molecule has 0 N–H and O–H groups in total. The fourth-order valence-corrected chi connectivity index (χ4v) is 1.62. The summed E-state index contributed by atoms with van der Waals surface area (Å²) in [5, 5.41) is 11.2. The van der Waals surface area contributed by atoms with Crippen molar-refractivity contribution in [3.63, 3.8) is 0 Å². The topological polar surface area (TPSA) is 65.3 Å². The molecule has 0 aliphatic carbocycles. The van der Waals surface area contributed by atoms with E-state index in [1.807, 2.05) is 0 Å². The van der Waals surface area contributed by atoms with Gasteiger partial charge in [-0.3, -0.25) is 10.1 Å². The molecule has 0 aliphatic rings. The maximum absolute atomic E-state index is 10.9. The van der Waals surface area contributed by atoms with Crippen LogP contribution in [0.4, 0.5) is 5.69 Å². The van der Waals surface area contributed by atoms with Gasteiger partial charge < -0.3 is 4.74 Å². The molecule has 0 bridgehead atoms. The number of nitro benzene ring substituents is 1. The molecule has 1 aromatic heterocycles. The molecule has 6 heteroatoms. The van der Waals surface area contributed by atoms with E-state index in [-0.39, 0.29) is 22.5 Å². The summed E-state index contributed by atoms with van der Waals surface area (Å²) in [6.07, 6.45) is 0. The van der Waals surface area contributed by atoms with Crippen LogP contribution in [-0.4, -0.2) is 9.91 Å². The normalized spacial score (nSPS) is 10.1. The monoisotopic (exact) mass is 264 g/mol. The van der Waals surface area contributed by atoms with Gasteiger partial charge in [-0.1, -0.05) is 29.8 Å². The maximum atomic E-state index is 10.9. The Labute approximate surface area is 108 Å². The highest BCUT2D eigenvalue weighted by atomic mass is 35.5. The number of hydrogen-bond acceptors (Lipinski definition) is 4. The lowest BCUT2D eigenvalue weighted by Crippen LogP contribution is -1.96. The van der Waals surface area contributed by atoms with Gasteiger partial charge in [-0.05, 0) is 18.6 Å². The van der Waals surface area contributed by atoms with Crippen molar-refractivity contribution < 1.29 is 9.66 Å². The average Bonchev–Trinajstić information content (AvgIpc) is 2.31. The number of aromatic nitrogens is 1. The second kappa shape index (κ2) is 5.01. The number of ether oxygens (including phenoxy) is 1. The second-order valence-corrected chi connectivity index (χ2v) is 3.97. The van der Waals surface area contributed by atoms with E-state index in [0.29, 0.717) is 5.56 Å². The van der Waals surface area contributed by atoms with E-state index in [1.165, 1.54) is 6.07 Å². The van der Waals surface area contributed by atoms with E-state index in [9.17, 15) is 10.1 Å². The molecule has 0 amide bonds. The van der Waals surface area contributed by atoms with Crippen LogP contribution < -0.4 is 4.74 Å². The summed E-state index contributed by atoms with van der Waals surface area (Å²) in [6, 6.07) is 9.56. The smallest absolute Gasteiger partial charge is 0.311 e. The first-order chi connectivity index (χ1) is 8.58. The quantitative estimate of drug-likeness (QED) is 0.481. The van der Waals surface area contributed by atoms with Gasteiger partial charge in [0.05, 0.1) is 4.92 Å². The van der Waals surface area contributed by atoms with Crippen LogP contribution in [0.15, 0.2) is 36.4 Å². The minimum atomic E-state index is -0.493. The number of hydrogen-bond donors (Lipinski definition) is 0. The predicted molar refractivity (Wildman–Crippen MR) is 67.2 cm³/mol. The van der Waals surface area contributed by atoms with Crippen LogP contribution in [0.25, 0.3) is 0 Å². The number of nitro groups is 1. The molecular formula is C12H9ClN2O3. The van der Waals surface area contributed by atoms with E-state index >= 15 is 0 Å². The highest BCUT2D eigenvalue weighted by molar-refractivity contribution is 6.29. The average molecular weight is 265 g/mol. The van der Waals surface area contributed by atoms with E-state index in [2.05, 4.69) is 4.98 Å². The minimum Gasteiger partial charge on any atom is -0.431 e. The van der Waals surface area contributed by atoms with Crippen LogP contribution in [-0.2, 0) is 0 Å². The molecule has 5 nitrogen and oxygen atoms in total. The first kappa shape index (κ1) is 12.3. The van der Waals surface area contributed by atoms with Gasteiger partial charge in [0.1, 0.15) is 5.15 Å². The number of benzene rings is 1. The fourth-order valence-electron chi connectivity index (χ4n) is 1.46. The Morgan fingerprint density at radius 1 is 1.28 bits per heavy atom. The third-order valence-corrected chi connectivity index (χ3v) is 2.49. The van der Waals surface area contributed by atoms with Gasteiger partial charge in [-0.2, -0.15) is 0 Å². The van der Waals surface area contributed by atoms with Crippen LogP contribution in [0.5, 0.6) is 11.6 Å². The standard InChI is InChI=1S/C12H9ClN2O3/c1-8-4-2-5-9(15(16)17)12(8)18-11-7-3-6-10(13)14-11/h2-7H,1H3. The number of aryl methyl sites for hydroxylation is 1. The highest BCUT2D eigenvalue weighted by Gasteiger charge is 2.18. The first-order valence-corrected chi connectivity index (χ1v) is 5.50. The lowest BCUT2D eigenvalue weighted by Gasteiger charge is -2.08. The van der Waals surface area contributed by atoms with Gasteiger partial charge in [0.2, 0.25) is 11.6 Å². The molecule has 0 fully saturated rings. The van der Waals surface area contributed by atoms with E-state index in [0.717, 1.165) is 0 Å². The van der Waals surface area contributed by atoms with Crippen molar-refractivity contribution in [1.82, 2.24) is 4.98 Å². The summed E-state index contributed by atoms with van der Waals surface area (Å²) in [5.74, 6) is 0.400. The molecular weight excluding hydrogens is 256 g/mol. The Morgan fingerprint density at radius 3 is 2.67 bits per heavy atom. The summed E-state index contributed by atoms with van der Waals surface area (Å²) in [5.41, 5.74) is 0.558. The number of nitrogens with zero attached hydrogens (tertiary/aromatic N) is 2. The van der Waals surface area contributed by atoms with Crippen molar-refractivity contribution in [2.75, 3.05) is 0 Å². The number of pyridine rings is 1. The lowest BCUT2D eigenvalue weighted by molar-refractivity contribution is -0.385. The summed E-state index contributed by atoms with van der Waals surface area (Å²) >= 11 is 5.73. The van der Waals surface area contributed by atoms with Crippen LogP contribution >= 0.6 is 11.6 Å².